The normalized spacial score (nSPS) is 11.5. The molecule has 0 aliphatic carbocycles. The monoisotopic (exact) mass is 520 g/mol. The van der Waals surface area contributed by atoms with E-state index < -0.39 is 10.8 Å². The largest absolute Gasteiger partial charge is 0.451 e. The highest BCUT2D eigenvalue weighted by Gasteiger charge is 2.16. The number of benzene rings is 3. The maximum atomic E-state index is 12.6. The van der Waals surface area contributed by atoms with Crippen LogP contribution in [0.2, 0.25) is 10.0 Å². The van der Waals surface area contributed by atoms with Crippen molar-refractivity contribution in [3.8, 4) is 0 Å². The molecule has 5 rings (SSSR count). The van der Waals surface area contributed by atoms with E-state index in [0.717, 1.165) is 27.7 Å². The van der Waals surface area contributed by atoms with Gasteiger partial charge in [-0.05, 0) is 42.8 Å². The van der Waals surface area contributed by atoms with E-state index in [2.05, 4.69) is 15.1 Å². The number of nitrogens with zero attached hydrogens (tertiary/aromatic N) is 3. The van der Waals surface area contributed by atoms with Crippen molar-refractivity contribution in [3.05, 3.63) is 109 Å². The summed E-state index contributed by atoms with van der Waals surface area (Å²) in [6.07, 6.45) is 1.59. The van der Waals surface area contributed by atoms with Crippen molar-refractivity contribution in [1.82, 2.24) is 9.99 Å². The van der Waals surface area contributed by atoms with Crippen LogP contribution in [0.15, 0.2) is 76.2 Å². The molecule has 36 heavy (non-hydrogen) atoms. The second-order valence-electron chi connectivity index (χ2n) is 8.13. The third kappa shape index (κ3) is 4.44. The fourth-order valence-corrected chi connectivity index (χ4v) is 4.58. The molecule has 10 heteroatoms. The van der Waals surface area contributed by atoms with Gasteiger partial charge in [0.15, 0.2) is 5.76 Å². The molecule has 0 bridgehead atoms. The molecule has 5 aromatic rings. The van der Waals surface area contributed by atoms with Crippen LogP contribution in [0.1, 0.15) is 27.4 Å². The van der Waals surface area contributed by atoms with Gasteiger partial charge in [0, 0.05) is 56.3 Å². The maximum absolute atomic E-state index is 12.6. The minimum atomic E-state index is -0.570. The number of furan rings is 1. The molecule has 0 radical (unpaired) electrons. The third-order valence-electron chi connectivity index (χ3n) is 5.92. The van der Waals surface area contributed by atoms with Gasteiger partial charge in [0.2, 0.25) is 0 Å². The molecule has 1 amide bonds. The highest BCUT2D eigenvalue weighted by Crippen LogP contribution is 2.28. The summed E-state index contributed by atoms with van der Waals surface area (Å²) < 4.78 is 7.64. The van der Waals surface area contributed by atoms with E-state index >= 15 is 0 Å². The molecule has 2 aromatic heterocycles. The number of nitro groups is 1. The van der Waals surface area contributed by atoms with Crippen LogP contribution in [0, 0.1) is 17.0 Å². The highest BCUT2D eigenvalue weighted by molar-refractivity contribution is 6.35. The number of rotatable bonds is 6. The summed E-state index contributed by atoms with van der Waals surface area (Å²) in [5.74, 6) is -0.571. The summed E-state index contributed by atoms with van der Waals surface area (Å²) in [6, 6.07) is 18.9. The average Bonchev–Trinajstić information content (AvgIpc) is 3.40. The Morgan fingerprint density at radius 3 is 2.72 bits per heavy atom. The van der Waals surface area contributed by atoms with Crippen LogP contribution < -0.4 is 5.43 Å². The number of hydrogen-bond donors (Lipinski definition) is 1. The molecule has 2 heterocycles. The lowest BCUT2D eigenvalue weighted by atomic mass is 10.1. The maximum Gasteiger partial charge on any atom is 0.307 e. The summed E-state index contributed by atoms with van der Waals surface area (Å²) in [4.78, 5) is 23.1. The Morgan fingerprint density at radius 2 is 1.94 bits per heavy atom. The van der Waals surface area contributed by atoms with Gasteiger partial charge in [0.1, 0.15) is 5.58 Å². The van der Waals surface area contributed by atoms with E-state index in [9.17, 15) is 14.9 Å². The van der Waals surface area contributed by atoms with E-state index in [1.807, 2.05) is 37.3 Å². The van der Waals surface area contributed by atoms with Crippen molar-refractivity contribution in [1.29, 1.82) is 0 Å². The summed E-state index contributed by atoms with van der Waals surface area (Å²) in [5.41, 5.74) is 6.46. The van der Waals surface area contributed by atoms with Crippen molar-refractivity contribution >= 4 is 62.9 Å². The van der Waals surface area contributed by atoms with Crippen molar-refractivity contribution in [3.63, 3.8) is 0 Å². The van der Waals surface area contributed by atoms with Crippen molar-refractivity contribution in [2.45, 2.75) is 13.5 Å². The molecule has 0 aliphatic rings. The molecule has 8 nitrogen and oxygen atoms in total. The Hall–Kier alpha value is -4.14. The fourth-order valence-electron chi connectivity index (χ4n) is 4.11. The first-order valence-electron chi connectivity index (χ1n) is 10.8. The van der Waals surface area contributed by atoms with Crippen molar-refractivity contribution in [2.75, 3.05) is 0 Å². The molecule has 1 N–H and O–H groups in total. The number of amides is 1. The van der Waals surface area contributed by atoms with Gasteiger partial charge in [0.05, 0.1) is 11.1 Å². The van der Waals surface area contributed by atoms with Gasteiger partial charge in [-0.3, -0.25) is 14.9 Å². The Morgan fingerprint density at radius 1 is 1.14 bits per heavy atom. The molecule has 0 unspecified atom stereocenters. The lowest BCUT2D eigenvalue weighted by Gasteiger charge is -2.10. The standard InChI is InChI=1S/C26H18Cl2N4O4/c1-15-21(13-29-30-26(33)25-11-17-10-19(32(34)35)8-9-24(17)36-25)20-4-2-3-5-23(20)31(15)14-16-6-7-18(27)12-22(16)28/h2-13H,14H2,1H3,(H,30,33)/b29-13-. The van der Waals surface area contributed by atoms with Gasteiger partial charge in [-0.1, -0.05) is 47.5 Å². The highest BCUT2D eigenvalue weighted by atomic mass is 35.5. The zero-order chi connectivity index (χ0) is 25.4. The van der Waals surface area contributed by atoms with Crippen LogP contribution in [0.5, 0.6) is 0 Å². The van der Waals surface area contributed by atoms with E-state index in [4.69, 9.17) is 27.6 Å². The topological polar surface area (TPSA) is 103 Å². The zero-order valence-corrected chi connectivity index (χ0v) is 20.4. The Kier molecular flexibility index (Phi) is 6.22. The fraction of sp³-hybridized carbons (Fsp3) is 0.0769. The molecule has 0 aliphatic heterocycles. The SMILES string of the molecule is Cc1c(/C=N\NC(=O)c2cc3cc([N+](=O)[O-])ccc3o2)c2ccccc2n1Cc1ccc(Cl)cc1Cl. The Bertz CT molecular complexity index is 1690. The van der Waals surface area contributed by atoms with Crippen LogP contribution in [0.3, 0.4) is 0 Å². The van der Waals surface area contributed by atoms with Gasteiger partial charge in [-0.25, -0.2) is 5.43 Å². The summed E-state index contributed by atoms with van der Waals surface area (Å²) in [6.45, 7) is 2.51. The third-order valence-corrected chi connectivity index (χ3v) is 6.50. The van der Waals surface area contributed by atoms with Crippen LogP contribution in [0.4, 0.5) is 5.69 Å². The number of non-ortho nitro benzene ring substituents is 1. The molecule has 0 saturated heterocycles. The minimum absolute atomic E-state index is 0.000761. The van der Waals surface area contributed by atoms with Crippen LogP contribution >= 0.6 is 23.2 Å². The van der Waals surface area contributed by atoms with E-state index in [1.165, 1.54) is 24.3 Å². The lowest BCUT2D eigenvalue weighted by Crippen LogP contribution is -2.16. The number of fused-ring (bicyclic) bond motifs is 2. The van der Waals surface area contributed by atoms with Gasteiger partial charge in [-0.15, -0.1) is 0 Å². The molecule has 0 spiro atoms. The van der Waals surface area contributed by atoms with Gasteiger partial charge in [0.25, 0.3) is 5.69 Å². The smallest absolute Gasteiger partial charge is 0.307 e. The molecule has 0 fully saturated rings. The predicted molar refractivity (Wildman–Crippen MR) is 140 cm³/mol. The van der Waals surface area contributed by atoms with Crippen LogP contribution in [0.25, 0.3) is 21.9 Å². The number of para-hydroxylation sites is 1. The average molecular weight is 521 g/mol. The number of carbonyl (C=O) groups is 1. The number of carbonyl (C=O) groups excluding carboxylic acids is 1. The Balaban J connectivity index is 1.41. The van der Waals surface area contributed by atoms with Gasteiger partial charge < -0.3 is 8.98 Å². The first-order chi connectivity index (χ1) is 17.3. The molecule has 0 saturated carbocycles. The molecular weight excluding hydrogens is 503 g/mol. The molecule has 3 aromatic carbocycles. The second kappa shape index (κ2) is 9.49. The van der Waals surface area contributed by atoms with Crippen LogP contribution in [-0.2, 0) is 6.54 Å². The summed E-state index contributed by atoms with van der Waals surface area (Å²) in [7, 11) is 0. The molecular formula is C26H18Cl2N4O4. The second-order valence-corrected chi connectivity index (χ2v) is 8.97. The lowest BCUT2D eigenvalue weighted by molar-refractivity contribution is -0.384. The first-order valence-corrected chi connectivity index (χ1v) is 11.6. The van der Waals surface area contributed by atoms with E-state index in [1.54, 1.807) is 18.3 Å². The van der Waals surface area contributed by atoms with Crippen molar-refractivity contribution in [2.24, 2.45) is 5.10 Å². The van der Waals surface area contributed by atoms with Crippen LogP contribution in [-0.4, -0.2) is 21.6 Å². The quantitative estimate of drug-likeness (QED) is 0.152. The Labute approximate surface area is 214 Å². The predicted octanol–water partition coefficient (Wildman–Crippen LogP) is 6.72. The number of nitro benzene ring substituents is 1. The number of hydrogen-bond acceptors (Lipinski definition) is 5. The van der Waals surface area contributed by atoms with Crippen molar-refractivity contribution < 1.29 is 14.1 Å². The summed E-state index contributed by atoms with van der Waals surface area (Å²) >= 11 is 12.4. The molecule has 180 valence electrons. The number of nitrogens with one attached hydrogen (secondary N) is 1. The number of hydrazone groups is 1. The number of halogens is 2. The van der Waals surface area contributed by atoms with Gasteiger partial charge >= 0.3 is 5.91 Å². The van der Waals surface area contributed by atoms with E-state index in [-0.39, 0.29) is 11.4 Å². The van der Waals surface area contributed by atoms with Gasteiger partial charge in [-0.2, -0.15) is 5.10 Å². The zero-order valence-electron chi connectivity index (χ0n) is 18.9. The minimum Gasteiger partial charge on any atom is -0.451 e. The number of aromatic nitrogens is 1. The van der Waals surface area contributed by atoms with E-state index in [0.29, 0.717) is 27.6 Å². The summed E-state index contributed by atoms with van der Waals surface area (Å²) in [5, 5.41) is 17.7. The molecule has 0 atom stereocenters. The first kappa shape index (κ1) is 23.6.